The molecule has 0 aromatic heterocycles. The summed E-state index contributed by atoms with van der Waals surface area (Å²) in [6.07, 6.45) is 5.28. The second kappa shape index (κ2) is 6.70. The Labute approximate surface area is 109 Å². The highest BCUT2D eigenvalue weighted by Gasteiger charge is 2.16. The van der Waals surface area contributed by atoms with Crippen molar-refractivity contribution in [2.75, 3.05) is 18.4 Å². The molecule has 0 radical (unpaired) electrons. The highest BCUT2D eigenvalue weighted by Crippen LogP contribution is 2.18. The number of hydrogen-bond donors (Lipinski definition) is 1. The molecule has 1 amide bonds. The van der Waals surface area contributed by atoms with Gasteiger partial charge in [0.15, 0.2) is 0 Å². The number of carbonyl (C=O) groups is 1. The zero-order valence-electron chi connectivity index (χ0n) is 11.2. The van der Waals surface area contributed by atoms with Crippen LogP contribution in [0.5, 0.6) is 0 Å². The van der Waals surface area contributed by atoms with Gasteiger partial charge in [-0.1, -0.05) is 18.1 Å². The van der Waals surface area contributed by atoms with E-state index in [1.54, 1.807) is 4.90 Å². The Morgan fingerprint density at radius 3 is 2.67 bits per heavy atom. The molecule has 0 fully saturated rings. The van der Waals surface area contributed by atoms with Crippen LogP contribution in [0, 0.1) is 12.3 Å². The third kappa shape index (κ3) is 3.53. The lowest BCUT2D eigenvalue weighted by molar-refractivity contribution is 0.0786. The van der Waals surface area contributed by atoms with E-state index in [0.29, 0.717) is 18.7 Å². The monoisotopic (exact) mass is 244 g/mol. The van der Waals surface area contributed by atoms with Crippen molar-refractivity contribution < 1.29 is 4.79 Å². The zero-order valence-corrected chi connectivity index (χ0v) is 11.2. The zero-order chi connectivity index (χ0) is 13.5. The fourth-order valence-electron chi connectivity index (χ4n) is 1.71. The summed E-state index contributed by atoms with van der Waals surface area (Å²) in [4.78, 5) is 14.0. The van der Waals surface area contributed by atoms with Gasteiger partial charge in [0.1, 0.15) is 0 Å². The quantitative estimate of drug-likeness (QED) is 0.807. The number of hydrogen-bond acceptors (Lipinski definition) is 2. The number of carbonyl (C=O) groups excluding carboxylic acids is 1. The van der Waals surface area contributed by atoms with Gasteiger partial charge in [0.05, 0.1) is 12.1 Å². The van der Waals surface area contributed by atoms with Crippen LogP contribution in [0.3, 0.4) is 0 Å². The first-order valence-corrected chi connectivity index (χ1v) is 6.18. The van der Waals surface area contributed by atoms with E-state index in [-0.39, 0.29) is 11.9 Å². The molecule has 1 rings (SSSR count). The van der Waals surface area contributed by atoms with Crippen molar-refractivity contribution in [1.82, 2.24) is 4.90 Å². The van der Waals surface area contributed by atoms with Gasteiger partial charge in [0, 0.05) is 18.3 Å². The average molecular weight is 244 g/mol. The van der Waals surface area contributed by atoms with Crippen LogP contribution >= 0.6 is 0 Å². The van der Waals surface area contributed by atoms with Gasteiger partial charge in [-0.15, -0.1) is 6.42 Å². The molecule has 0 aliphatic heterocycles. The average Bonchev–Trinajstić information content (AvgIpc) is 2.35. The Kier molecular flexibility index (Phi) is 5.26. The minimum absolute atomic E-state index is 0.0285. The molecule has 0 saturated carbocycles. The summed E-state index contributed by atoms with van der Waals surface area (Å²) in [6, 6.07) is 7.80. The van der Waals surface area contributed by atoms with Crippen LogP contribution in [0.1, 0.15) is 31.1 Å². The molecule has 0 saturated heterocycles. The minimum Gasteiger partial charge on any atom is -0.382 e. The largest absolute Gasteiger partial charge is 0.382 e. The normalized spacial score (nSPS) is 9.94. The molecule has 0 aliphatic carbocycles. The smallest absolute Gasteiger partial charge is 0.256 e. The number of nitrogens with one attached hydrogen (secondary N) is 1. The van der Waals surface area contributed by atoms with E-state index in [1.807, 2.05) is 45.0 Å². The molecule has 18 heavy (non-hydrogen) atoms. The maximum Gasteiger partial charge on any atom is 0.256 e. The molecule has 0 heterocycles. The Bertz CT molecular complexity index is 446. The summed E-state index contributed by atoms with van der Waals surface area (Å²) in [6.45, 7) is 6.96. The van der Waals surface area contributed by atoms with Crippen LogP contribution in [0.2, 0.25) is 0 Å². The second-order valence-corrected chi connectivity index (χ2v) is 4.37. The minimum atomic E-state index is -0.0285. The highest BCUT2D eigenvalue weighted by atomic mass is 16.2. The first-order chi connectivity index (χ1) is 8.60. The molecule has 0 aliphatic rings. The summed E-state index contributed by atoms with van der Waals surface area (Å²) < 4.78 is 0. The molecule has 1 N–H and O–H groups in total. The number of para-hydroxylation sites is 1. The van der Waals surface area contributed by atoms with Crippen molar-refractivity contribution in [1.29, 1.82) is 0 Å². The SMILES string of the molecule is C#CCN(CC)C(=O)c1ccccc1NC(C)C. The lowest BCUT2D eigenvalue weighted by Crippen LogP contribution is -2.32. The summed E-state index contributed by atoms with van der Waals surface area (Å²) in [5, 5.41) is 3.28. The van der Waals surface area contributed by atoms with E-state index >= 15 is 0 Å². The van der Waals surface area contributed by atoms with E-state index in [2.05, 4.69) is 11.2 Å². The van der Waals surface area contributed by atoms with E-state index in [1.165, 1.54) is 0 Å². The molecule has 3 heteroatoms. The summed E-state index contributed by atoms with van der Waals surface area (Å²) >= 11 is 0. The highest BCUT2D eigenvalue weighted by molar-refractivity contribution is 5.99. The molecular formula is C15H20N2O. The van der Waals surface area contributed by atoms with Gasteiger partial charge in [-0.3, -0.25) is 4.79 Å². The molecule has 0 atom stereocenters. The second-order valence-electron chi connectivity index (χ2n) is 4.37. The number of terminal acetylenes is 1. The number of anilines is 1. The molecule has 0 bridgehead atoms. The molecular weight excluding hydrogens is 224 g/mol. The van der Waals surface area contributed by atoms with E-state index in [0.717, 1.165) is 5.69 Å². The first-order valence-electron chi connectivity index (χ1n) is 6.18. The predicted octanol–water partition coefficient (Wildman–Crippen LogP) is 2.60. The van der Waals surface area contributed by atoms with E-state index in [9.17, 15) is 4.79 Å². The Balaban J connectivity index is 3.01. The Morgan fingerprint density at radius 1 is 1.44 bits per heavy atom. The summed E-state index contributed by atoms with van der Waals surface area (Å²) in [5.41, 5.74) is 1.52. The van der Waals surface area contributed by atoms with Crippen molar-refractivity contribution >= 4 is 11.6 Å². The third-order valence-corrected chi connectivity index (χ3v) is 2.55. The summed E-state index contributed by atoms with van der Waals surface area (Å²) in [7, 11) is 0. The maximum absolute atomic E-state index is 12.4. The van der Waals surface area contributed by atoms with Gasteiger partial charge in [0.25, 0.3) is 5.91 Å². The number of amides is 1. The van der Waals surface area contributed by atoms with Gasteiger partial charge in [-0.2, -0.15) is 0 Å². The van der Waals surface area contributed by atoms with Crippen molar-refractivity contribution in [3.8, 4) is 12.3 Å². The maximum atomic E-state index is 12.4. The van der Waals surface area contributed by atoms with Crippen LogP contribution < -0.4 is 5.32 Å². The number of rotatable bonds is 5. The molecule has 1 aromatic rings. The topological polar surface area (TPSA) is 32.3 Å². The molecule has 0 unspecified atom stereocenters. The van der Waals surface area contributed by atoms with Gasteiger partial charge in [0.2, 0.25) is 0 Å². The molecule has 0 spiro atoms. The van der Waals surface area contributed by atoms with Gasteiger partial charge < -0.3 is 10.2 Å². The molecule has 3 nitrogen and oxygen atoms in total. The van der Waals surface area contributed by atoms with Crippen LogP contribution in [0.25, 0.3) is 0 Å². The van der Waals surface area contributed by atoms with Gasteiger partial charge in [-0.25, -0.2) is 0 Å². The van der Waals surface area contributed by atoms with Gasteiger partial charge >= 0.3 is 0 Å². The Hall–Kier alpha value is -1.95. The van der Waals surface area contributed by atoms with Crippen LogP contribution in [-0.4, -0.2) is 29.9 Å². The molecule has 96 valence electrons. The first kappa shape index (κ1) is 14.1. The van der Waals surface area contributed by atoms with Crippen molar-refractivity contribution in [2.45, 2.75) is 26.8 Å². The fourth-order valence-corrected chi connectivity index (χ4v) is 1.71. The Morgan fingerprint density at radius 2 is 2.11 bits per heavy atom. The molecule has 1 aromatic carbocycles. The third-order valence-electron chi connectivity index (χ3n) is 2.55. The summed E-state index contributed by atoms with van der Waals surface area (Å²) in [5.74, 6) is 2.49. The van der Waals surface area contributed by atoms with Crippen molar-refractivity contribution in [3.63, 3.8) is 0 Å². The van der Waals surface area contributed by atoms with Gasteiger partial charge in [-0.05, 0) is 32.9 Å². The van der Waals surface area contributed by atoms with Crippen molar-refractivity contribution in [3.05, 3.63) is 29.8 Å². The van der Waals surface area contributed by atoms with Crippen molar-refractivity contribution in [2.24, 2.45) is 0 Å². The number of benzene rings is 1. The number of nitrogens with zero attached hydrogens (tertiary/aromatic N) is 1. The van der Waals surface area contributed by atoms with Crippen LogP contribution in [0.4, 0.5) is 5.69 Å². The lowest BCUT2D eigenvalue weighted by atomic mass is 10.1. The van der Waals surface area contributed by atoms with Crippen LogP contribution in [0.15, 0.2) is 24.3 Å². The van der Waals surface area contributed by atoms with E-state index in [4.69, 9.17) is 6.42 Å². The fraction of sp³-hybridized carbons (Fsp3) is 0.400. The lowest BCUT2D eigenvalue weighted by Gasteiger charge is -2.21. The standard InChI is InChI=1S/C15H20N2O/c1-5-11-17(6-2)15(18)13-9-7-8-10-14(13)16-12(3)4/h1,7-10,12,16H,6,11H2,2-4H3. The van der Waals surface area contributed by atoms with Crippen LogP contribution in [-0.2, 0) is 0 Å². The van der Waals surface area contributed by atoms with E-state index < -0.39 is 0 Å². The predicted molar refractivity (Wildman–Crippen MR) is 75.6 cm³/mol.